The van der Waals surface area contributed by atoms with Crippen LogP contribution in [0.3, 0.4) is 0 Å². The Hall–Kier alpha value is -1.87. The van der Waals surface area contributed by atoms with Gasteiger partial charge < -0.3 is 10.0 Å². The Balaban J connectivity index is 1.84. The molecule has 1 fully saturated rings. The SMILES string of the molecule is N#C/C(=C(/O)C[NH+]1CCCC1)c1nc(-c2ccc(Cl)cc2)cs1. The largest absolute Gasteiger partial charge is 0.506 e. The number of rotatable bonds is 4. The lowest BCUT2D eigenvalue weighted by Gasteiger charge is -2.11. The minimum atomic E-state index is 0.140. The third-order valence-corrected chi connectivity index (χ3v) is 5.10. The van der Waals surface area contributed by atoms with Crippen LogP contribution < -0.4 is 4.90 Å². The number of nitrogens with one attached hydrogen (secondary N) is 1. The second kappa shape index (κ2) is 7.14. The molecular formula is C17H17ClN3OS+. The van der Waals surface area contributed by atoms with E-state index in [0.717, 1.165) is 24.3 Å². The average molecular weight is 347 g/mol. The molecule has 0 bridgehead atoms. The van der Waals surface area contributed by atoms with E-state index in [0.29, 0.717) is 16.6 Å². The highest BCUT2D eigenvalue weighted by Gasteiger charge is 2.21. The Kier molecular flexibility index (Phi) is 4.97. The van der Waals surface area contributed by atoms with Crippen molar-refractivity contribution in [3.05, 3.63) is 45.4 Å². The minimum absolute atomic E-state index is 0.140. The topological polar surface area (TPSA) is 61.3 Å². The maximum absolute atomic E-state index is 10.3. The van der Waals surface area contributed by atoms with Crippen molar-refractivity contribution < 1.29 is 10.0 Å². The number of quaternary nitrogens is 1. The van der Waals surface area contributed by atoms with E-state index in [-0.39, 0.29) is 11.3 Å². The highest BCUT2D eigenvalue weighted by molar-refractivity contribution is 7.11. The molecule has 2 N–H and O–H groups in total. The van der Waals surface area contributed by atoms with Crippen LogP contribution in [0.4, 0.5) is 0 Å². The summed E-state index contributed by atoms with van der Waals surface area (Å²) in [6, 6.07) is 9.52. The van der Waals surface area contributed by atoms with Crippen molar-refractivity contribution in [1.29, 1.82) is 5.26 Å². The lowest BCUT2D eigenvalue weighted by Crippen LogP contribution is -3.10. The highest BCUT2D eigenvalue weighted by Crippen LogP contribution is 2.27. The van der Waals surface area contributed by atoms with Crippen molar-refractivity contribution in [2.45, 2.75) is 12.8 Å². The second-order valence-corrected chi connectivity index (χ2v) is 6.91. The van der Waals surface area contributed by atoms with Crippen molar-refractivity contribution in [2.75, 3.05) is 19.6 Å². The molecule has 0 unspecified atom stereocenters. The molecule has 2 heterocycles. The summed E-state index contributed by atoms with van der Waals surface area (Å²) in [6.07, 6.45) is 2.37. The lowest BCUT2D eigenvalue weighted by atomic mass is 10.2. The zero-order valence-electron chi connectivity index (χ0n) is 12.6. The summed E-state index contributed by atoms with van der Waals surface area (Å²) >= 11 is 7.27. The summed E-state index contributed by atoms with van der Waals surface area (Å²) in [6.45, 7) is 2.60. The number of nitrogens with zero attached hydrogens (tertiary/aromatic N) is 2. The maximum atomic E-state index is 10.3. The van der Waals surface area contributed by atoms with Crippen LogP contribution in [0, 0.1) is 11.3 Å². The molecule has 1 aromatic heterocycles. The Labute approximate surface area is 144 Å². The van der Waals surface area contributed by atoms with Crippen LogP contribution in [0.2, 0.25) is 5.02 Å². The van der Waals surface area contributed by atoms with Gasteiger partial charge in [-0.2, -0.15) is 5.26 Å². The zero-order chi connectivity index (χ0) is 16.2. The summed E-state index contributed by atoms with van der Waals surface area (Å²) in [7, 11) is 0. The quantitative estimate of drug-likeness (QED) is 0.661. The number of hydrogen-bond acceptors (Lipinski definition) is 4. The Morgan fingerprint density at radius 2 is 2.00 bits per heavy atom. The molecule has 0 aliphatic carbocycles. The molecule has 1 aromatic carbocycles. The predicted octanol–water partition coefficient (Wildman–Crippen LogP) is 2.93. The smallest absolute Gasteiger partial charge is 0.168 e. The molecule has 1 aliphatic rings. The van der Waals surface area contributed by atoms with Crippen molar-refractivity contribution >= 4 is 28.5 Å². The normalized spacial score (nSPS) is 16.2. The Morgan fingerprint density at radius 1 is 1.30 bits per heavy atom. The van der Waals surface area contributed by atoms with E-state index in [4.69, 9.17) is 11.6 Å². The molecule has 6 heteroatoms. The molecule has 1 saturated heterocycles. The van der Waals surface area contributed by atoms with E-state index in [1.807, 2.05) is 29.6 Å². The van der Waals surface area contributed by atoms with Gasteiger partial charge in [0.15, 0.2) is 5.76 Å². The van der Waals surface area contributed by atoms with Crippen LogP contribution in [0.5, 0.6) is 0 Å². The molecule has 0 radical (unpaired) electrons. The fourth-order valence-corrected chi connectivity index (χ4v) is 3.72. The molecule has 23 heavy (non-hydrogen) atoms. The Bertz CT molecular complexity index is 755. The van der Waals surface area contributed by atoms with Gasteiger partial charge in [-0.05, 0) is 12.1 Å². The maximum Gasteiger partial charge on any atom is 0.168 e. The Morgan fingerprint density at radius 3 is 2.65 bits per heavy atom. The van der Waals surface area contributed by atoms with Crippen LogP contribution in [0.15, 0.2) is 35.4 Å². The third-order valence-electron chi connectivity index (χ3n) is 3.99. The van der Waals surface area contributed by atoms with E-state index in [9.17, 15) is 10.4 Å². The molecule has 0 saturated carbocycles. The van der Waals surface area contributed by atoms with Gasteiger partial charge in [0, 0.05) is 28.8 Å². The average Bonchev–Trinajstić information content (AvgIpc) is 3.21. The predicted molar refractivity (Wildman–Crippen MR) is 92.5 cm³/mol. The van der Waals surface area contributed by atoms with Gasteiger partial charge in [-0.1, -0.05) is 23.7 Å². The van der Waals surface area contributed by atoms with E-state index in [1.165, 1.54) is 29.1 Å². The van der Waals surface area contributed by atoms with Crippen molar-refractivity contribution in [3.63, 3.8) is 0 Å². The minimum Gasteiger partial charge on any atom is -0.506 e. The molecule has 0 spiro atoms. The zero-order valence-corrected chi connectivity index (χ0v) is 14.1. The van der Waals surface area contributed by atoms with Crippen LogP contribution in [-0.2, 0) is 0 Å². The van der Waals surface area contributed by atoms with Crippen molar-refractivity contribution in [3.8, 4) is 17.3 Å². The number of likely N-dealkylation sites (tertiary alicyclic amines) is 1. The monoisotopic (exact) mass is 346 g/mol. The summed E-state index contributed by atoms with van der Waals surface area (Å²) in [4.78, 5) is 5.83. The number of halogens is 1. The van der Waals surface area contributed by atoms with Gasteiger partial charge in [-0.3, -0.25) is 0 Å². The molecule has 0 atom stereocenters. The molecule has 0 amide bonds. The number of nitriles is 1. The van der Waals surface area contributed by atoms with E-state index >= 15 is 0 Å². The van der Waals surface area contributed by atoms with Crippen molar-refractivity contribution in [1.82, 2.24) is 4.98 Å². The molecule has 1 aliphatic heterocycles. The number of hydrogen-bond donors (Lipinski definition) is 2. The van der Waals surface area contributed by atoms with Gasteiger partial charge in [0.25, 0.3) is 0 Å². The number of aliphatic hydroxyl groups is 1. The van der Waals surface area contributed by atoms with E-state index in [1.54, 1.807) is 0 Å². The number of benzene rings is 1. The van der Waals surface area contributed by atoms with Crippen LogP contribution >= 0.6 is 22.9 Å². The summed E-state index contributed by atoms with van der Waals surface area (Å²) in [5.41, 5.74) is 2.02. The molecule has 3 rings (SSSR count). The summed E-state index contributed by atoms with van der Waals surface area (Å²) in [5.74, 6) is 0.140. The van der Waals surface area contributed by atoms with Gasteiger partial charge in [-0.15, -0.1) is 11.3 Å². The fourth-order valence-electron chi connectivity index (χ4n) is 2.75. The first-order valence-electron chi connectivity index (χ1n) is 7.55. The number of thiazole rings is 1. The van der Waals surface area contributed by atoms with Crippen molar-refractivity contribution in [2.24, 2.45) is 0 Å². The van der Waals surface area contributed by atoms with Gasteiger partial charge >= 0.3 is 0 Å². The fraction of sp³-hybridized carbons (Fsp3) is 0.294. The number of aliphatic hydroxyl groups excluding tert-OH is 1. The van der Waals surface area contributed by atoms with Crippen LogP contribution in [0.1, 0.15) is 17.8 Å². The number of allylic oxidation sites excluding steroid dienone is 1. The molecular weight excluding hydrogens is 330 g/mol. The van der Waals surface area contributed by atoms with Crippen LogP contribution in [-0.4, -0.2) is 29.7 Å². The molecule has 2 aromatic rings. The van der Waals surface area contributed by atoms with E-state index in [2.05, 4.69) is 11.1 Å². The number of aromatic nitrogens is 1. The van der Waals surface area contributed by atoms with Gasteiger partial charge in [0.2, 0.25) is 0 Å². The summed E-state index contributed by atoms with van der Waals surface area (Å²) in [5, 5.41) is 22.9. The summed E-state index contributed by atoms with van der Waals surface area (Å²) < 4.78 is 0. The molecule has 4 nitrogen and oxygen atoms in total. The molecule has 118 valence electrons. The standard InChI is InChI=1S/C17H16ClN3OS/c18-13-5-3-12(4-6-13)15-11-23-17(20-15)14(9-19)16(22)10-21-7-1-2-8-21/h3-6,11,22H,1-2,7-8,10H2/p+1/b16-14-. The first-order valence-corrected chi connectivity index (χ1v) is 8.81. The second-order valence-electron chi connectivity index (χ2n) is 5.61. The highest BCUT2D eigenvalue weighted by atomic mass is 35.5. The first kappa shape index (κ1) is 16.0. The lowest BCUT2D eigenvalue weighted by molar-refractivity contribution is -0.883. The van der Waals surface area contributed by atoms with E-state index < -0.39 is 0 Å². The first-order chi connectivity index (χ1) is 11.2. The third kappa shape index (κ3) is 3.73. The van der Waals surface area contributed by atoms with Gasteiger partial charge in [-0.25, -0.2) is 4.98 Å². The van der Waals surface area contributed by atoms with Gasteiger partial charge in [0.1, 0.15) is 23.2 Å². The van der Waals surface area contributed by atoms with Gasteiger partial charge in [0.05, 0.1) is 18.8 Å². The van der Waals surface area contributed by atoms with Crippen LogP contribution in [0.25, 0.3) is 16.8 Å².